The first kappa shape index (κ1) is 13.2. The highest BCUT2D eigenvalue weighted by Gasteiger charge is 2.37. The van der Waals surface area contributed by atoms with Gasteiger partial charge in [0, 0.05) is 24.1 Å². The SMILES string of the molecule is COc1cc2nc(C3(CN)CCCC3)[nH]c2cc1OC. The summed E-state index contributed by atoms with van der Waals surface area (Å²) in [5.41, 5.74) is 7.91. The van der Waals surface area contributed by atoms with Crippen LogP contribution < -0.4 is 15.2 Å². The Morgan fingerprint density at radius 2 is 1.85 bits per heavy atom. The van der Waals surface area contributed by atoms with E-state index in [1.807, 2.05) is 12.1 Å². The molecule has 0 atom stereocenters. The van der Waals surface area contributed by atoms with Gasteiger partial charge in [0.1, 0.15) is 5.82 Å². The van der Waals surface area contributed by atoms with Gasteiger partial charge < -0.3 is 20.2 Å². The Hall–Kier alpha value is -1.75. The first-order chi connectivity index (χ1) is 9.72. The molecule has 0 bridgehead atoms. The lowest BCUT2D eigenvalue weighted by molar-refractivity contribution is 0.356. The third kappa shape index (κ3) is 1.93. The fourth-order valence-corrected chi connectivity index (χ4v) is 3.18. The van der Waals surface area contributed by atoms with Crippen molar-refractivity contribution in [2.75, 3.05) is 20.8 Å². The summed E-state index contributed by atoms with van der Waals surface area (Å²) in [5, 5.41) is 0. The second-order valence-electron chi connectivity index (χ2n) is 5.50. The highest BCUT2D eigenvalue weighted by atomic mass is 16.5. The Kier molecular flexibility index (Phi) is 3.30. The molecular weight excluding hydrogens is 254 g/mol. The average molecular weight is 275 g/mol. The molecule has 5 heteroatoms. The molecule has 20 heavy (non-hydrogen) atoms. The zero-order chi connectivity index (χ0) is 14.2. The van der Waals surface area contributed by atoms with E-state index in [2.05, 4.69) is 4.98 Å². The van der Waals surface area contributed by atoms with Crippen molar-refractivity contribution in [3.63, 3.8) is 0 Å². The van der Waals surface area contributed by atoms with Crippen LogP contribution in [0.25, 0.3) is 11.0 Å². The van der Waals surface area contributed by atoms with E-state index in [4.69, 9.17) is 20.2 Å². The maximum absolute atomic E-state index is 6.03. The molecule has 0 amide bonds. The minimum atomic E-state index is 0.0134. The van der Waals surface area contributed by atoms with Gasteiger partial charge >= 0.3 is 0 Å². The zero-order valence-electron chi connectivity index (χ0n) is 12.0. The minimum absolute atomic E-state index is 0.0134. The third-order valence-corrected chi connectivity index (χ3v) is 4.44. The zero-order valence-corrected chi connectivity index (χ0v) is 12.0. The van der Waals surface area contributed by atoms with E-state index in [-0.39, 0.29) is 5.41 Å². The van der Waals surface area contributed by atoms with Gasteiger partial charge in [-0.1, -0.05) is 12.8 Å². The molecule has 1 aliphatic rings. The van der Waals surface area contributed by atoms with Crippen LogP contribution in [0.3, 0.4) is 0 Å². The summed E-state index contributed by atoms with van der Waals surface area (Å²) in [6.07, 6.45) is 4.66. The molecule has 3 rings (SSSR count). The lowest BCUT2D eigenvalue weighted by Crippen LogP contribution is -2.33. The number of nitrogens with two attached hydrogens (primary N) is 1. The Morgan fingerprint density at radius 1 is 1.20 bits per heavy atom. The number of ether oxygens (including phenoxy) is 2. The number of hydrogen-bond donors (Lipinski definition) is 2. The lowest BCUT2D eigenvalue weighted by atomic mass is 9.85. The molecule has 0 aliphatic heterocycles. The van der Waals surface area contributed by atoms with E-state index < -0.39 is 0 Å². The number of imidazole rings is 1. The van der Waals surface area contributed by atoms with E-state index in [0.29, 0.717) is 18.0 Å². The molecule has 1 fully saturated rings. The summed E-state index contributed by atoms with van der Waals surface area (Å²) in [4.78, 5) is 8.18. The van der Waals surface area contributed by atoms with E-state index in [1.165, 1.54) is 12.8 Å². The van der Waals surface area contributed by atoms with Gasteiger partial charge in [-0.05, 0) is 12.8 Å². The van der Waals surface area contributed by atoms with Crippen LogP contribution in [-0.4, -0.2) is 30.7 Å². The Morgan fingerprint density at radius 3 is 2.45 bits per heavy atom. The largest absolute Gasteiger partial charge is 0.493 e. The summed E-state index contributed by atoms with van der Waals surface area (Å²) in [6.45, 7) is 0.640. The van der Waals surface area contributed by atoms with Gasteiger partial charge in [-0.15, -0.1) is 0 Å². The molecule has 0 spiro atoms. The number of H-pyrrole nitrogens is 1. The fourth-order valence-electron chi connectivity index (χ4n) is 3.18. The number of aromatic nitrogens is 2. The Balaban J connectivity index is 2.10. The van der Waals surface area contributed by atoms with Crippen molar-refractivity contribution >= 4 is 11.0 Å². The van der Waals surface area contributed by atoms with Crippen LogP contribution >= 0.6 is 0 Å². The topological polar surface area (TPSA) is 73.2 Å². The van der Waals surface area contributed by atoms with Crippen LogP contribution in [0.2, 0.25) is 0 Å². The summed E-state index contributed by atoms with van der Waals surface area (Å²) < 4.78 is 10.7. The Bertz CT molecular complexity index is 574. The summed E-state index contributed by atoms with van der Waals surface area (Å²) in [7, 11) is 3.27. The monoisotopic (exact) mass is 275 g/mol. The molecular formula is C15H21N3O2. The number of nitrogens with one attached hydrogen (secondary N) is 1. The normalized spacial score (nSPS) is 17.6. The second-order valence-corrected chi connectivity index (χ2v) is 5.50. The number of aromatic amines is 1. The highest BCUT2D eigenvalue weighted by molar-refractivity contribution is 5.80. The molecule has 108 valence electrons. The van der Waals surface area contributed by atoms with Gasteiger partial charge in [-0.2, -0.15) is 0 Å². The number of rotatable bonds is 4. The molecule has 0 radical (unpaired) electrons. The standard InChI is InChI=1S/C15H21N3O2/c1-19-12-7-10-11(8-13(12)20-2)18-14(17-10)15(9-16)5-3-4-6-15/h7-8H,3-6,9,16H2,1-2H3,(H,17,18). The number of nitrogens with zero attached hydrogens (tertiary/aromatic N) is 1. The average Bonchev–Trinajstić information content (AvgIpc) is 3.12. The fraction of sp³-hybridized carbons (Fsp3) is 0.533. The maximum Gasteiger partial charge on any atom is 0.163 e. The van der Waals surface area contributed by atoms with Crippen LogP contribution in [0.5, 0.6) is 11.5 Å². The first-order valence-corrected chi connectivity index (χ1v) is 7.05. The molecule has 1 aliphatic carbocycles. The van der Waals surface area contributed by atoms with Crippen molar-refractivity contribution in [3.8, 4) is 11.5 Å². The van der Waals surface area contributed by atoms with Gasteiger partial charge in [0.25, 0.3) is 0 Å². The van der Waals surface area contributed by atoms with Crippen LogP contribution in [-0.2, 0) is 5.41 Å². The molecule has 0 unspecified atom stereocenters. The van der Waals surface area contributed by atoms with Gasteiger partial charge in [0.2, 0.25) is 0 Å². The number of fused-ring (bicyclic) bond motifs is 1. The van der Waals surface area contributed by atoms with Gasteiger partial charge in [-0.3, -0.25) is 0 Å². The van der Waals surface area contributed by atoms with Crippen LogP contribution in [0.4, 0.5) is 0 Å². The minimum Gasteiger partial charge on any atom is -0.493 e. The number of methoxy groups -OCH3 is 2. The maximum atomic E-state index is 6.03. The smallest absolute Gasteiger partial charge is 0.163 e. The summed E-state index contributed by atoms with van der Waals surface area (Å²) in [6, 6.07) is 3.84. The summed E-state index contributed by atoms with van der Waals surface area (Å²) in [5.74, 6) is 2.41. The molecule has 1 aromatic carbocycles. The van der Waals surface area contributed by atoms with Crippen molar-refractivity contribution in [1.29, 1.82) is 0 Å². The molecule has 1 heterocycles. The first-order valence-electron chi connectivity index (χ1n) is 7.05. The summed E-state index contributed by atoms with van der Waals surface area (Å²) >= 11 is 0. The van der Waals surface area contributed by atoms with E-state index >= 15 is 0 Å². The highest BCUT2D eigenvalue weighted by Crippen LogP contribution is 2.40. The van der Waals surface area contributed by atoms with E-state index in [1.54, 1.807) is 14.2 Å². The van der Waals surface area contributed by atoms with Crippen molar-refractivity contribution in [2.45, 2.75) is 31.1 Å². The van der Waals surface area contributed by atoms with Gasteiger partial charge in [-0.25, -0.2) is 4.98 Å². The predicted octanol–water partition coefficient (Wildman–Crippen LogP) is 2.35. The predicted molar refractivity (Wildman–Crippen MR) is 78.4 cm³/mol. The van der Waals surface area contributed by atoms with Crippen LogP contribution in [0, 0.1) is 0 Å². The van der Waals surface area contributed by atoms with Crippen molar-refractivity contribution < 1.29 is 9.47 Å². The van der Waals surface area contributed by atoms with E-state index in [0.717, 1.165) is 29.7 Å². The molecule has 2 aromatic rings. The molecule has 1 saturated carbocycles. The van der Waals surface area contributed by atoms with Crippen molar-refractivity contribution in [2.24, 2.45) is 5.73 Å². The second kappa shape index (κ2) is 4.98. The van der Waals surface area contributed by atoms with Crippen LogP contribution in [0.15, 0.2) is 12.1 Å². The Labute approximate surface area is 118 Å². The van der Waals surface area contributed by atoms with E-state index in [9.17, 15) is 0 Å². The lowest BCUT2D eigenvalue weighted by Gasteiger charge is -2.24. The quantitative estimate of drug-likeness (QED) is 0.898. The third-order valence-electron chi connectivity index (χ3n) is 4.44. The molecule has 0 saturated heterocycles. The number of benzene rings is 1. The van der Waals surface area contributed by atoms with Crippen molar-refractivity contribution in [1.82, 2.24) is 9.97 Å². The molecule has 3 N–H and O–H groups in total. The number of hydrogen-bond acceptors (Lipinski definition) is 4. The van der Waals surface area contributed by atoms with Crippen LogP contribution in [0.1, 0.15) is 31.5 Å². The molecule has 5 nitrogen and oxygen atoms in total. The van der Waals surface area contributed by atoms with Gasteiger partial charge in [0.15, 0.2) is 11.5 Å². The van der Waals surface area contributed by atoms with Gasteiger partial charge in [0.05, 0.1) is 25.3 Å². The molecule has 1 aromatic heterocycles. The van der Waals surface area contributed by atoms with Crippen molar-refractivity contribution in [3.05, 3.63) is 18.0 Å².